The molecular weight excluding hydrogens is 483 g/mol. The average molecular weight is 503 g/mol. The molecule has 1 amide bonds. The minimum Gasteiger partial charge on any atom is -0.368 e. The van der Waals surface area contributed by atoms with Gasteiger partial charge in [0.2, 0.25) is 5.91 Å². The maximum atomic E-state index is 13.5. The van der Waals surface area contributed by atoms with Crippen molar-refractivity contribution in [2.24, 2.45) is 0 Å². The topological polar surface area (TPSA) is 46.6 Å². The van der Waals surface area contributed by atoms with Gasteiger partial charge >= 0.3 is 12.4 Å². The highest BCUT2D eigenvalue weighted by molar-refractivity contribution is 6.01. The van der Waals surface area contributed by atoms with E-state index in [-0.39, 0.29) is 36.8 Å². The van der Waals surface area contributed by atoms with Crippen LogP contribution < -0.4 is 0 Å². The van der Waals surface area contributed by atoms with Crippen molar-refractivity contribution in [1.29, 1.82) is 0 Å². The van der Waals surface area contributed by atoms with Crippen molar-refractivity contribution in [2.75, 3.05) is 6.54 Å². The Kier molecular flexibility index (Phi) is 6.41. The number of ketones is 1. The Morgan fingerprint density at radius 2 is 1.51 bits per heavy atom. The monoisotopic (exact) mass is 503 g/mol. The Labute approximate surface area is 195 Å². The van der Waals surface area contributed by atoms with Crippen molar-refractivity contribution < 1.29 is 45.1 Å². The molecule has 4 rings (SSSR count). The van der Waals surface area contributed by atoms with Crippen molar-refractivity contribution in [3.63, 3.8) is 0 Å². The first-order chi connectivity index (χ1) is 16.2. The zero-order valence-corrected chi connectivity index (χ0v) is 18.3. The molecule has 3 unspecified atom stereocenters. The number of carbonyl (C=O) groups is 2. The molecular formula is C24H20F7NO3. The van der Waals surface area contributed by atoms with Crippen molar-refractivity contribution in [3.05, 3.63) is 70.5 Å². The molecule has 2 aromatic rings. The van der Waals surface area contributed by atoms with Gasteiger partial charge in [-0.15, -0.1) is 0 Å². The summed E-state index contributed by atoms with van der Waals surface area (Å²) in [6.45, 7) is 1.32. The fourth-order valence-electron chi connectivity index (χ4n) is 4.79. The van der Waals surface area contributed by atoms with Crippen LogP contribution in [-0.2, 0) is 26.7 Å². The van der Waals surface area contributed by atoms with E-state index in [0.29, 0.717) is 17.7 Å². The van der Waals surface area contributed by atoms with Crippen molar-refractivity contribution in [3.8, 4) is 0 Å². The molecule has 2 aromatic carbocycles. The summed E-state index contributed by atoms with van der Waals surface area (Å²) in [6.07, 6.45) is -12.3. The van der Waals surface area contributed by atoms with Crippen LogP contribution in [0.1, 0.15) is 54.0 Å². The van der Waals surface area contributed by atoms with Crippen LogP contribution in [0.3, 0.4) is 0 Å². The molecule has 2 aliphatic heterocycles. The van der Waals surface area contributed by atoms with Gasteiger partial charge in [-0.25, -0.2) is 4.39 Å². The number of carbonyl (C=O) groups excluding carboxylic acids is 2. The Morgan fingerprint density at radius 3 is 2.06 bits per heavy atom. The van der Waals surface area contributed by atoms with E-state index in [9.17, 15) is 40.3 Å². The highest BCUT2D eigenvalue weighted by Gasteiger charge is 2.49. The molecule has 2 aliphatic rings. The second kappa shape index (κ2) is 8.92. The summed E-state index contributed by atoms with van der Waals surface area (Å²) in [5, 5.41) is 0. The van der Waals surface area contributed by atoms with E-state index >= 15 is 0 Å². The number of ether oxygens (including phenoxy) is 1. The number of nitrogens with zero attached hydrogens (tertiary/aromatic N) is 1. The molecule has 0 N–H and O–H groups in total. The number of benzene rings is 2. The molecule has 0 radical (unpaired) electrons. The molecule has 0 aliphatic carbocycles. The molecule has 188 valence electrons. The smallest absolute Gasteiger partial charge is 0.368 e. The molecule has 0 saturated carbocycles. The summed E-state index contributed by atoms with van der Waals surface area (Å²) >= 11 is 0. The number of hydrogen-bond donors (Lipinski definition) is 0. The van der Waals surface area contributed by atoms with Crippen LogP contribution in [0.4, 0.5) is 30.7 Å². The van der Waals surface area contributed by atoms with Gasteiger partial charge in [0.1, 0.15) is 11.6 Å². The summed E-state index contributed by atoms with van der Waals surface area (Å²) in [5.41, 5.74) is -2.72. The largest absolute Gasteiger partial charge is 0.416 e. The molecule has 11 heteroatoms. The fourth-order valence-corrected chi connectivity index (χ4v) is 4.79. The molecule has 2 heterocycles. The van der Waals surface area contributed by atoms with Crippen molar-refractivity contribution in [2.45, 2.75) is 56.3 Å². The number of piperidine rings is 1. The molecule has 4 nitrogen and oxygen atoms in total. The molecule has 35 heavy (non-hydrogen) atoms. The van der Waals surface area contributed by atoms with Gasteiger partial charge in [-0.2, -0.15) is 26.3 Å². The van der Waals surface area contributed by atoms with Crippen LogP contribution in [0.15, 0.2) is 42.5 Å². The van der Waals surface area contributed by atoms with Crippen LogP contribution >= 0.6 is 0 Å². The third-order valence-electron chi connectivity index (χ3n) is 6.41. The van der Waals surface area contributed by atoms with E-state index in [1.807, 2.05) is 0 Å². The lowest BCUT2D eigenvalue weighted by atomic mass is 9.85. The summed E-state index contributed by atoms with van der Waals surface area (Å²) in [4.78, 5) is 26.0. The van der Waals surface area contributed by atoms with E-state index in [2.05, 4.69) is 0 Å². The van der Waals surface area contributed by atoms with Crippen LogP contribution in [0, 0.1) is 5.82 Å². The number of alkyl halides is 6. The molecule has 0 spiro atoms. The van der Waals surface area contributed by atoms with Gasteiger partial charge in [-0.1, -0.05) is 12.1 Å². The lowest BCUT2D eigenvalue weighted by molar-refractivity contribution is -0.144. The van der Waals surface area contributed by atoms with E-state index in [4.69, 9.17) is 4.74 Å². The Morgan fingerprint density at radius 1 is 0.943 bits per heavy atom. The number of halogens is 7. The summed E-state index contributed by atoms with van der Waals surface area (Å²) in [5.74, 6) is -1.87. The summed E-state index contributed by atoms with van der Waals surface area (Å²) in [6, 6.07) is 5.92. The maximum Gasteiger partial charge on any atom is 0.416 e. The van der Waals surface area contributed by atoms with Crippen molar-refractivity contribution >= 4 is 11.7 Å². The third kappa shape index (κ3) is 5.19. The van der Waals surface area contributed by atoms with Gasteiger partial charge in [0.15, 0.2) is 0 Å². The number of Topliss-reactive ketones (excluding diaryl/α,β-unsaturated/α-hetero) is 1. The zero-order valence-electron chi connectivity index (χ0n) is 18.3. The first kappa shape index (κ1) is 25.2. The van der Waals surface area contributed by atoms with Crippen LogP contribution in [0.2, 0.25) is 0 Å². The Hall–Kier alpha value is -2.95. The van der Waals surface area contributed by atoms with Gasteiger partial charge in [0, 0.05) is 24.9 Å². The lowest BCUT2D eigenvalue weighted by Crippen LogP contribution is -2.44. The molecule has 4 atom stereocenters. The van der Waals surface area contributed by atoms with Crippen LogP contribution in [0.5, 0.6) is 0 Å². The Balaban J connectivity index is 1.69. The standard InChI is InChI=1S/C24H20F7NO3/c1-12(14-6-15(23(26,27)28)8-16(7-14)24(29,30)31)35-20-11-32-19(9-18(33)10-21(32)34)22(20)13-2-4-17(25)5-3-13/h2-8,12,19-20,22H,9-11H2,1H3/t12?,19?,20-,22?/m0/s1. The van der Waals surface area contributed by atoms with Gasteiger partial charge in [-0.3, -0.25) is 9.59 Å². The predicted molar refractivity (Wildman–Crippen MR) is 109 cm³/mol. The minimum absolute atomic E-state index is 0.00570. The second-order valence-corrected chi connectivity index (χ2v) is 8.77. The lowest BCUT2D eigenvalue weighted by Gasteiger charge is -2.32. The minimum atomic E-state index is -5.01. The van der Waals surface area contributed by atoms with Crippen LogP contribution in [0.25, 0.3) is 0 Å². The normalized spacial score (nSPS) is 24.0. The van der Waals surface area contributed by atoms with Gasteiger partial charge in [-0.05, 0) is 48.4 Å². The van der Waals surface area contributed by atoms with Crippen molar-refractivity contribution in [1.82, 2.24) is 4.90 Å². The molecule has 2 fully saturated rings. The number of rotatable bonds is 4. The average Bonchev–Trinajstić information content (AvgIpc) is 3.11. The quantitative estimate of drug-likeness (QED) is 0.399. The zero-order chi connectivity index (χ0) is 25.7. The van der Waals surface area contributed by atoms with Gasteiger partial charge in [0.05, 0.1) is 29.8 Å². The van der Waals surface area contributed by atoms with Crippen LogP contribution in [-0.4, -0.2) is 35.3 Å². The fraction of sp³-hybridized carbons (Fsp3) is 0.417. The summed E-state index contributed by atoms with van der Waals surface area (Å²) < 4.78 is 99.2. The summed E-state index contributed by atoms with van der Waals surface area (Å²) in [7, 11) is 0. The van der Waals surface area contributed by atoms with E-state index in [1.165, 1.54) is 36.1 Å². The number of amides is 1. The van der Waals surface area contributed by atoms with E-state index in [1.54, 1.807) is 0 Å². The number of fused-ring (bicyclic) bond motifs is 1. The molecule has 0 bridgehead atoms. The second-order valence-electron chi connectivity index (χ2n) is 8.77. The highest BCUT2D eigenvalue weighted by atomic mass is 19.4. The predicted octanol–water partition coefficient (Wildman–Crippen LogP) is 5.67. The van der Waals surface area contributed by atoms with Gasteiger partial charge in [0.25, 0.3) is 0 Å². The van der Waals surface area contributed by atoms with E-state index in [0.717, 1.165) is 0 Å². The first-order valence-electron chi connectivity index (χ1n) is 10.8. The molecule has 2 saturated heterocycles. The SMILES string of the molecule is CC(O[C@H]1CN2C(=O)CC(=O)CC2C1c1ccc(F)cc1)c1cc(C(F)(F)F)cc(C(F)(F)F)c1. The maximum absolute atomic E-state index is 13.5. The molecule has 0 aromatic heterocycles. The third-order valence-corrected chi connectivity index (χ3v) is 6.41. The van der Waals surface area contributed by atoms with Gasteiger partial charge < -0.3 is 9.64 Å². The highest BCUT2D eigenvalue weighted by Crippen LogP contribution is 2.43. The Bertz CT molecular complexity index is 1100. The van der Waals surface area contributed by atoms with E-state index < -0.39 is 59.4 Å². The first-order valence-corrected chi connectivity index (χ1v) is 10.8. The number of hydrogen-bond acceptors (Lipinski definition) is 3.